The van der Waals surface area contributed by atoms with Crippen molar-refractivity contribution >= 4 is 88.4 Å². The number of nitrogens with zero attached hydrogens (tertiary/aromatic N) is 2. The van der Waals surface area contributed by atoms with Crippen LogP contribution in [0, 0.1) is 0 Å². The molecule has 0 saturated heterocycles. The van der Waals surface area contributed by atoms with Crippen LogP contribution in [0.2, 0.25) is 0 Å². The summed E-state index contributed by atoms with van der Waals surface area (Å²) in [6.07, 6.45) is 0. The highest BCUT2D eigenvalue weighted by molar-refractivity contribution is 6.30. The Balaban J connectivity index is 1.11. The van der Waals surface area contributed by atoms with Gasteiger partial charge in [-0.3, -0.25) is 0 Å². The van der Waals surface area contributed by atoms with E-state index in [9.17, 15) is 0 Å². The normalized spacial score (nSPS) is 11.5. The summed E-state index contributed by atoms with van der Waals surface area (Å²) in [4.78, 5) is 4.68. The molecule has 0 atom stereocenters. The highest BCUT2D eigenvalue weighted by Crippen LogP contribution is 2.46. The van der Waals surface area contributed by atoms with E-state index in [-0.39, 0.29) is 0 Å². The monoisotopic (exact) mass is 728 g/mol. The summed E-state index contributed by atoms with van der Waals surface area (Å²) < 4.78 is 7.03. The van der Waals surface area contributed by atoms with Gasteiger partial charge in [-0.05, 0) is 105 Å². The molecule has 0 bridgehead atoms. The zero-order chi connectivity index (χ0) is 37.7. The molecule has 0 amide bonds. The largest absolute Gasteiger partial charge is 0.455 e. The molecule has 57 heavy (non-hydrogen) atoms. The number of benzene rings is 10. The second-order valence-corrected chi connectivity index (χ2v) is 14.5. The van der Waals surface area contributed by atoms with E-state index < -0.39 is 0 Å². The van der Waals surface area contributed by atoms with Gasteiger partial charge >= 0.3 is 0 Å². The van der Waals surface area contributed by atoms with Crippen molar-refractivity contribution < 1.29 is 4.42 Å². The zero-order valence-electron chi connectivity index (χ0n) is 31.1. The van der Waals surface area contributed by atoms with Crippen LogP contribution in [0.3, 0.4) is 0 Å². The summed E-state index contributed by atoms with van der Waals surface area (Å²) in [7, 11) is 0. The average molecular weight is 729 g/mol. The molecule has 3 heteroatoms. The molecule has 0 fully saturated rings. The van der Waals surface area contributed by atoms with Crippen LogP contribution in [-0.2, 0) is 0 Å². The number of hydrogen-bond acceptors (Lipinski definition) is 3. The van der Waals surface area contributed by atoms with Crippen molar-refractivity contribution in [2.45, 2.75) is 0 Å². The number of rotatable bonds is 7. The van der Waals surface area contributed by atoms with Crippen LogP contribution in [0.4, 0.5) is 34.1 Å². The van der Waals surface area contributed by atoms with Gasteiger partial charge in [0.15, 0.2) is 0 Å². The van der Waals surface area contributed by atoms with Gasteiger partial charge in [-0.15, -0.1) is 0 Å². The van der Waals surface area contributed by atoms with Gasteiger partial charge in [0.05, 0.1) is 5.69 Å². The van der Waals surface area contributed by atoms with Crippen LogP contribution in [0.15, 0.2) is 223 Å². The number of hydrogen-bond donors (Lipinski definition) is 0. The standard InChI is InChI=1S/C54H36N2O/c1-4-17-38(18-5-1)45-24-14-15-27-51(45)56(41-22-8-3-9-23-41)44-31-33-49-52(36-44)57-54-48-32-30-43(35-50(48)46-25-12-13-26-47(46)53(49)54)55(40-20-6-2-7-21-40)42-29-28-37-16-10-11-19-39(37)34-42/h1-36H. The molecule has 0 aliphatic rings. The smallest absolute Gasteiger partial charge is 0.143 e. The topological polar surface area (TPSA) is 19.6 Å². The van der Waals surface area contributed by atoms with Crippen LogP contribution in [0.5, 0.6) is 0 Å². The van der Waals surface area contributed by atoms with E-state index in [4.69, 9.17) is 4.42 Å². The van der Waals surface area contributed by atoms with Gasteiger partial charge in [0.25, 0.3) is 0 Å². The van der Waals surface area contributed by atoms with E-state index in [1.807, 2.05) is 0 Å². The Kier molecular flexibility index (Phi) is 7.82. The molecular formula is C54H36N2O. The second kappa shape index (κ2) is 13.6. The minimum atomic E-state index is 0.851. The molecule has 11 aromatic rings. The van der Waals surface area contributed by atoms with Crippen LogP contribution in [0.1, 0.15) is 0 Å². The van der Waals surface area contributed by atoms with E-state index in [1.165, 1.54) is 27.1 Å². The van der Waals surface area contributed by atoms with E-state index in [0.29, 0.717) is 0 Å². The molecule has 0 spiro atoms. The number of furan rings is 1. The molecule has 0 N–H and O–H groups in total. The molecule has 0 saturated carbocycles. The number of anilines is 6. The number of fused-ring (bicyclic) bond motifs is 9. The van der Waals surface area contributed by atoms with Crippen LogP contribution < -0.4 is 9.80 Å². The molecule has 11 rings (SSSR count). The molecule has 268 valence electrons. The Labute approximate surface area is 330 Å². The van der Waals surface area contributed by atoms with Crippen molar-refractivity contribution in [2.75, 3.05) is 9.80 Å². The van der Waals surface area contributed by atoms with Crippen LogP contribution >= 0.6 is 0 Å². The molecule has 1 aromatic heterocycles. The third-order valence-corrected chi connectivity index (χ3v) is 11.2. The summed E-state index contributed by atoms with van der Waals surface area (Å²) in [5.41, 5.74) is 10.6. The van der Waals surface area contributed by atoms with Crippen molar-refractivity contribution in [1.29, 1.82) is 0 Å². The van der Waals surface area contributed by atoms with Crippen LogP contribution in [-0.4, -0.2) is 0 Å². The lowest BCUT2D eigenvalue weighted by molar-refractivity contribution is 0.673. The third-order valence-electron chi connectivity index (χ3n) is 11.2. The fourth-order valence-electron chi connectivity index (χ4n) is 8.58. The first kappa shape index (κ1) is 32.8. The Morgan fingerprint density at radius 3 is 1.65 bits per heavy atom. The van der Waals surface area contributed by atoms with Crippen molar-refractivity contribution in [3.8, 4) is 11.1 Å². The van der Waals surface area contributed by atoms with Crippen molar-refractivity contribution in [3.05, 3.63) is 218 Å². The molecule has 10 aromatic carbocycles. The maximum absolute atomic E-state index is 7.03. The van der Waals surface area contributed by atoms with Gasteiger partial charge in [0.1, 0.15) is 11.2 Å². The highest BCUT2D eigenvalue weighted by atomic mass is 16.3. The number of para-hydroxylation sites is 3. The average Bonchev–Trinajstić information content (AvgIpc) is 3.67. The Bertz CT molecular complexity index is 3240. The lowest BCUT2D eigenvalue weighted by Gasteiger charge is -2.27. The first-order valence-electron chi connectivity index (χ1n) is 19.4. The van der Waals surface area contributed by atoms with Crippen molar-refractivity contribution in [3.63, 3.8) is 0 Å². The van der Waals surface area contributed by atoms with Gasteiger partial charge in [0.2, 0.25) is 0 Å². The van der Waals surface area contributed by atoms with Gasteiger partial charge in [-0.1, -0.05) is 140 Å². The minimum absolute atomic E-state index is 0.851. The highest BCUT2D eigenvalue weighted by Gasteiger charge is 2.22. The van der Waals surface area contributed by atoms with E-state index in [0.717, 1.165) is 72.4 Å². The predicted molar refractivity (Wildman–Crippen MR) is 241 cm³/mol. The Hall–Kier alpha value is -7.62. The summed E-state index contributed by atoms with van der Waals surface area (Å²) in [6.45, 7) is 0. The summed E-state index contributed by atoms with van der Waals surface area (Å²) >= 11 is 0. The lowest BCUT2D eigenvalue weighted by atomic mass is 9.96. The zero-order valence-corrected chi connectivity index (χ0v) is 31.1. The first-order chi connectivity index (χ1) is 28.3. The van der Waals surface area contributed by atoms with Gasteiger partial charge in [-0.25, -0.2) is 0 Å². The molecule has 0 aliphatic carbocycles. The van der Waals surface area contributed by atoms with Crippen molar-refractivity contribution in [2.24, 2.45) is 0 Å². The predicted octanol–water partition coefficient (Wildman–Crippen LogP) is 15.7. The molecule has 1 heterocycles. The molecule has 0 aliphatic heterocycles. The minimum Gasteiger partial charge on any atom is -0.455 e. The van der Waals surface area contributed by atoms with E-state index in [2.05, 4.69) is 228 Å². The lowest BCUT2D eigenvalue weighted by Crippen LogP contribution is -2.11. The second-order valence-electron chi connectivity index (χ2n) is 14.5. The quantitative estimate of drug-likeness (QED) is 0.152. The Morgan fingerprint density at radius 2 is 0.877 bits per heavy atom. The SMILES string of the molecule is c1ccc(-c2ccccc2N(c2ccccc2)c2ccc3c(c2)oc2c4ccc(N(c5ccccc5)c5ccc6ccccc6c5)cc4c4ccccc4c32)cc1. The molecule has 0 unspecified atom stereocenters. The molecule has 3 nitrogen and oxygen atoms in total. The maximum atomic E-state index is 7.03. The van der Waals surface area contributed by atoms with E-state index in [1.54, 1.807) is 0 Å². The first-order valence-corrected chi connectivity index (χ1v) is 19.4. The Morgan fingerprint density at radius 1 is 0.316 bits per heavy atom. The maximum Gasteiger partial charge on any atom is 0.143 e. The van der Waals surface area contributed by atoms with E-state index >= 15 is 0 Å². The summed E-state index contributed by atoms with van der Waals surface area (Å²) in [6, 6.07) is 77.9. The van der Waals surface area contributed by atoms with Gasteiger partial charge < -0.3 is 14.2 Å². The molecule has 0 radical (unpaired) electrons. The fraction of sp³-hybridized carbons (Fsp3) is 0. The summed E-state index contributed by atoms with van der Waals surface area (Å²) in [5.74, 6) is 0. The fourth-order valence-corrected chi connectivity index (χ4v) is 8.58. The summed E-state index contributed by atoms with van der Waals surface area (Å²) in [5, 5.41) is 9.28. The molecular weight excluding hydrogens is 693 g/mol. The van der Waals surface area contributed by atoms with Gasteiger partial charge in [0, 0.05) is 56.2 Å². The van der Waals surface area contributed by atoms with Gasteiger partial charge in [-0.2, -0.15) is 0 Å². The third kappa shape index (κ3) is 5.60. The van der Waals surface area contributed by atoms with Crippen LogP contribution in [0.25, 0.3) is 65.4 Å². The van der Waals surface area contributed by atoms with Crippen molar-refractivity contribution in [1.82, 2.24) is 0 Å².